The van der Waals surface area contributed by atoms with Gasteiger partial charge < -0.3 is 4.74 Å². The van der Waals surface area contributed by atoms with Crippen molar-refractivity contribution in [2.75, 3.05) is 13.1 Å². The molecule has 1 aliphatic heterocycles. The van der Waals surface area contributed by atoms with Crippen LogP contribution in [0.5, 0.6) is 5.75 Å². The van der Waals surface area contributed by atoms with Gasteiger partial charge in [0.25, 0.3) is 0 Å². The van der Waals surface area contributed by atoms with Crippen LogP contribution >= 0.6 is 15.9 Å². The second kappa shape index (κ2) is 6.58. The van der Waals surface area contributed by atoms with Crippen molar-refractivity contribution < 1.29 is 9.13 Å². The Bertz CT molecular complexity index is 602. The second-order valence-electron chi connectivity index (χ2n) is 5.32. The molecule has 3 rings (SSSR count). The Hall–Kier alpha value is -1.39. The van der Waals surface area contributed by atoms with E-state index in [1.807, 2.05) is 36.4 Å². The summed E-state index contributed by atoms with van der Waals surface area (Å²) >= 11 is 3.51. The molecule has 0 spiro atoms. The average molecular weight is 350 g/mol. The number of nitrogens with zero attached hydrogens (tertiary/aromatic N) is 1. The van der Waals surface area contributed by atoms with E-state index >= 15 is 0 Å². The molecule has 2 aromatic rings. The summed E-state index contributed by atoms with van der Waals surface area (Å²) in [5.74, 6) is 0.710. The van der Waals surface area contributed by atoms with Crippen molar-refractivity contribution in [3.63, 3.8) is 0 Å². The van der Waals surface area contributed by atoms with Crippen LogP contribution in [-0.2, 0) is 6.54 Å². The SMILES string of the molecule is Fc1ccc(CN2CCC(Oc3ccccc3Br)C2)cc1. The second-order valence-corrected chi connectivity index (χ2v) is 6.17. The molecule has 0 amide bonds. The molecule has 21 heavy (non-hydrogen) atoms. The van der Waals surface area contributed by atoms with Crippen LogP contribution in [-0.4, -0.2) is 24.1 Å². The molecular formula is C17H17BrFNO. The molecule has 0 aromatic heterocycles. The van der Waals surface area contributed by atoms with Crippen LogP contribution in [0.1, 0.15) is 12.0 Å². The number of para-hydroxylation sites is 1. The van der Waals surface area contributed by atoms with Crippen molar-refractivity contribution in [1.82, 2.24) is 4.90 Å². The lowest BCUT2D eigenvalue weighted by molar-refractivity contribution is 0.197. The first-order chi connectivity index (χ1) is 10.2. The molecule has 0 bridgehead atoms. The average Bonchev–Trinajstić information content (AvgIpc) is 2.91. The molecule has 0 saturated carbocycles. The fourth-order valence-corrected chi connectivity index (χ4v) is 2.98. The van der Waals surface area contributed by atoms with Crippen LogP contribution in [0.3, 0.4) is 0 Å². The zero-order valence-corrected chi connectivity index (χ0v) is 13.2. The molecule has 1 atom stereocenters. The third-order valence-corrected chi connectivity index (χ3v) is 4.33. The Morgan fingerprint density at radius 3 is 2.67 bits per heavy atom. The summed E-state index contributed by atoms with van der Waals surface area (Å²) in [6.45, 7) is 2.75. The fourth-order valence-electron chi connectivity index (χ4n) is 2.60. The highest BCUT2D eigenvalue weighted by Gasteiger charge is 2.24. The van der Waals surface area contributed by atoms with Crippen LogP contribution in [0.2, 0.25) is 0 Å². The van der Waals surface area contributed by atoms with Crippen molar-refractivity contribution >= 4 is 15.9 Å². The van der Waals surface area contributed by atoms with Gasteiger partial charge in [0.1, 0.15) is 17.7 Å². The van der Waals surface area contributed by atoms with Crippen molar-refractivity contribution in [2.45, 2.75) is 19.1 Å². The lowest BCUT2D eigenvalue weighted by Gasteiger charge is -2.17. The highest BCUT2D eigenvalue weighted by atomic mass is 79.9. The first kappa shape index (κ1) is 14.5. The molecule has 110 valence electrons. The highest BCUT2D eigenvalue weighted by Crippen LogP contribution is 2.27. The molecule has 0 N–H and O–H groups in total. The number of likely N-dealkylation sites (tertiary alicyclic amines) is 1. The number of hydrogen-bond donors (Lipinski definition) is 0. The zero-order valence-electron chi connectivity index (χ0n) is 11.6. The maximum Gasteiger partial charge on any atom is 0.133 e. The molecule has 1 fully saturated rings. The molecule has 0 radical (unpaired) electrons. The minimum atomic E-state index is -0.185. The molecule has 1 saturated heterocycles. The largest absolute Gasteiger partial charge is 0.488 e. The van der Waals surface area contributed by atoms with E-state index in [0.717, 1.165) is 41.8 Å². The summed E-state index contributed by atoms with van der Waals surface area (Å²) in [5, 5.41) is 0. The highest BCUT2D eigenvalue weighted by molar-refractivity contribution is 9.10. The smallest absolute Gasteiger partial charge is 0.133 e. The van der Waals surface area contributed by atoms with Gasteiger partial charge in [-0.05, 0) is 52.2 Å². The summed E-state index contributed by atoms with van der Waals surface area (Å²) in [4.78, 5) is 2.34. The van der Waals surface area contributed by atoms with Gasteiger partial charge in [0.15, 0.2) is 0 Å². The van der Waals surface area contributed by atoms with Crippen LogP contribution in [0.4, 0.5) is 4.39 Å². The zero-order chi connectivity index (χ0) is 14.7. The number of ether oxygens (including phenoxy) is 1. The van der Waals surface area contributed by atoms with Gasteiger partial charge in [-0.15, -0.1) is 0 Å². The predicted octanol–water partition coefficient (Wildman–Crippen LogP) is 4.24. The van der Waals surface area contributed by atoms with E-state index < -0.39 is 0 Å². The molecule has 1 aliphatic rings. The molecule has 1 heterocycles. The van der Waals surface area contributed by atoms with Gasteiger partial charge in [0.05, 0.1) is 4.47 Å². The normalized spacial score (nSPS) is 18.9. The van der Waals surface area contributed by atoms with Crippen molar-refractivity contribution in [1.29, 1.82) is 0 Å². The van der Waals surface area contributed by atoms with E-state index in [2.05, 4.69) is 20.8 Å². The number of hydrogen-bond acceptors (Lipinski definition) is 2. The summed E-state index contributed by atoms with van der Waals surface area (Å²) in [5.41, 5.74) is 1.14. The molecular weight excluding hydrogens is 333 g/mol. The molecule has 1 unspecified atom stereocenters. The number of benzene rings is 2. The molecule has 2 aromatic carbocycles. The third kappa shape index (κ3) is 3.83. The van der Waals surface area contributed by atoms with Gasteiger partial charge in [0.2, 0.25) is 0 Å². The minimum absolute atomic E-state index is 0.185. The van der Waals surface area contributed by atoms with E-state index in [-0.39, 0.29) is 11.9 Å². The van der Waals surface area contributed by atoms with Crippen molar-refractivity contribution in [3.05, 3.63) is 64.4 Å². The van der Waals surface area contributed by atoms with Crippen LogP contribution in [0, 0.1) is 5.82 Å². The maximum absolute atomic E-state index is 12.9. The lowest BCUT2D eigenvalue weighted by atomic mass is 10.2. The van der Waals surface area contributed by atoms with E-state index in [4.69, 9.17) is 4.74 Å². The minimum Gasteiger partial charge on any atom is -0.488 e. The Morgan fingerprint density at radius 1 is 1.14 bits per heavy atom. The molecule has 4 heteroatoms. The summed E-state index contributed by atoms with van der Waals surface area (Å²) in [6.07, 6.45) is 1.23. The first-order valence-corrected chi connectivity index (χ1v) is 7.88. The lowest BCUT2D eigenvalue weighted by Crippen LogP contribution is -2.24. The van der Waals surface area contributed by atoms with E-state index in [0.29, 0.717) is 0 Å². The predicted molar refractivity (Wildman–Crippen MR) is 84.9 cm³/mol. The molecule has 2 nitrogen and oxygen atoms in total. The van der Waals surface area contributed by atoms with Crippen LogP contribution < -0.4 is 4.74 Å². The van der Waals surface area contributed by atoms with Gasteiger partial charge in [-0.1, -0.05) is 24.3 Å². The Kier molecular flexibility index (Phi) is 4.56. The quantitative estimate of drug-likeness (QED) is 0.818. The summed E-state index contributed by atoms with van der Waals surface area (Å²) in [7, 11) is 0. The van der Waals surface area contributed by atoms with Gasteiger partial charge in [-0.3, -0.25) is 4.90 Å². The number of halogens is 2. The Morgan fingerprint density at radius 2 is 1.90 bits per heavy atom. The van der Waals surface area contributed by atoms with Gasteiger partial charge in [-0.2, -0.15) is 0 Å². The van der Waals surface area contributed by atoms with Crippen molar-refractivity contribution in [3.8, 4) is 5.75 Å². The first-order valence-electron chi connectivity index (χ1n) is 7.09. The van der Waals surface area contributed by atoms with Crippen molar-refractivity contribution in [2.24, 2.45) is 0 Å². The van der Waals surface area contributed by atoms with E-state index in [1.165, 1.54) is 12.1 Å². The standard InChI is InChI=1S/C17H17BrFNO/c18-16-3-1-2-4-17(16)21-15-9-10-20(12-15)11-13-5-7-14(19)8-6-13/h1-8,15H,9-12H2. The van der Waals surface area contributed by atoms with E-state index in [1.54, 1.807) is 0 Å². The summed E-state index contributed by atoms with van der Waals surface area (Å²) in [6, 6.07) is 14.6. The van der Waals surface area contributed by atoms with Crippen LogP contribution in [0.25, 0.3) is 0 Å². The third-order valence-electron chi connectivity index (χ3n) is 3.68. The maximum atomic E-state index is 12.9. The van der Waals surface area contributed by atoms with Gasteiger partial charge in [0, 0.05) is 19.6 Å². The Labute approximate surface area is 132 Å². The topological polar surface area (TPSA) is 12.5 Å². The number of rotatable bonds is 4. The van der Waals surface area contributed by atoms with Gasteiger partial charge >= 0.3 is 0 Å². The summed E-state index contributed by atoms with van der Waals surface area (Å²) < 4.78 is 19.9. The van der Waals surface area contributed by atoms with Crippen LogP contribution in [0.15, 0.2) is 53.0 Å². The monoisotopic (exact) mass is 349 g/mol. The Balaban J connectivity index is 1.56. The fraction of sp³-hybridized carbons (Fsp3) is 0.294. The van der Waals surface area contributed by atoms with Gasteiger partial charge in [-0.25, -0.2) is 4.39 Å². The van der Waals surface area contributed by atoms with E-state index in [9.17, 15) is 4.39 Å². The molecule has 0 aliphatic carbocycles.